The molecule has 0 bridgehead atoms. The number of benzene rings is 1. The zero-order valence-electron chi connectivity index (χ0n) is 12.5. The van der Waals surface area contributed by atoms with E-state index in [0.717, 1.165) is 24.4 Å². The number of ether oxygens (including phenoxy) is 1. The van der Waals surface area contributed by atoms with E-state index in [1.54, 1.807) is 36.5 Å². The van der Waals surface area contributed by atoms with Gasteiger partial charge < -0.3 is 14.6 Å². The van der Waals surface area contributed by atoms with Gasteiger partial charge in [-0.05, 0) is 30.7 Å². The first-order valence-electron chi connectivity index (χ1n) is 7.17. The molecule has 1 aromatic carbocycles. The number of amides is 1. The number of H-pyrrole nitrogens is 1. The Labute approximate surface area is 125 Å². The van der Waals surface area contributed by atoms with Crippen LogP contribution in [-0.4, -0.2) is 34.4 Å². The molecular weight excluding hydrogens is 266 g/mol. The second kappa shape index (κ2) is 7.47. The Morgan fingerprint density at radius 3 is 2.71 bits per heavy atom. The molecule has 0 aliphatic carbocycles. The minimum Gasteiger partial charge on any atom is -0.494 e. The number of rotatable bonds is 7. The van der Waals surface area contributed by atoms with E-state index < -0.39 is 0 Å². The Balaban J connectivity index is 1.92. The van der Waals surface area contributed by atoms with Crippen molar-refractivity contribution in [3.05, 3.63) is 48.0 Å². The van der Waals surface area contributed by atoms with Gasteiger partial charge in [0.2, 0.25) is 0 Å². The van der Waals surface area contributed by atoms with Gasteiger partial charge in [0, 0.05) is 25.0 Å². The Bertz CT molecular complexity index is 549. The average molecular weight is 287 g/mol. The SMILES string of the molecule is CCCCOc1ccc(C(=O)N(C)Cc2ncc[nH]2)cc1. The van der Waals surface area contributed by atoms with E-state index in [1.807, 2.05) is 12.1 Å². The highest BCUT2D eigenvalue weighted by molar-refractivity contribution is 5.94. The lowest BCUT2D eigenvalue weighted by Crippen LogP contribution is -2.26. The van der Waals surface area contributed by atoms with E-state index >= 15 is 0 Å². The fourth-order valence-electron chi connectivity index (χ4n) is 1.93. The van der Waals surface area contributed by atoms with Gasteiger partial charge in [-0.3, -0.25) is 4.79 Å². The van der Waals surface area contributed by atoms with Crippen molar-refractivity contribution in [2.75, 3.05) is 13.7 Å². The van der Waals surface area contributed by atoms with Gasteiger partial charge in [-0.25, -0.2) is 4.98 Å². The quantitative estimate of drug-likeness (QED) is 0.797. The van der Waals surface area contributed by atoms with Crippen molar-refractivity contribution < 1.29 is 9.53 Å². The molecule has 1 N–H and O–H groups in total. The molecular formula is C16H21N3O2. The van der Waals surface area contributed by atoms with Crippen molar-refractivity contribution in [1.82, 2.24) is 14.9 Å². The third-order valence-electron chi connectivity index (χ3n) is 3.16. The molecule has 2 aromatic rings. The van der Waals surface area contributed by atoms with Crippen molar-refractivity contribution >= 4 is 5.91 Å². The van der Waals surface area contributed by atoms with Crippen molar-refractivity contribution in [3.63, 3.8) is 0 Å². The summed E-state index contributed by atoms with van der Waals surface area (Å²) in [4.78, 5) is 21.0. The summed E-state index contributed by atoms with van der Waals surface area (Å²) < 4.78 is 5.59. The lowest BCUT2D eigenvalue weighted by Gasteiger charge is -2.16. The van der Waals surface area contributed by atoms with Crippen LogP contribution in [-0.2, 0) is 6.54 Å². The van der Waals surface area contributed by atoms with Gasteiger partial charge in [-0.1, -0.05) is 13.3 Å². The molecule has 0 atom stereocenters. The number of unbranched alkanes of at least 4 members (excludes halogenated alkanes) is 1. The molecule has 0 spiro atoms. The van der Waals surface area contributed by atoms with Crippen LogP contribution >= 0.6 is 0 Å². The second-order valence-electron chi connectivity index (χ2n) is 4.92. The van der Waals surface area contributed by atoms with E-state index in [0.29, 0.717) is 18.7 Å². The molecule has 0 radical (unpaired) electrons. The van der Waals surface area contributed by atoms with Gasteiger partial charge in [-0.2, -0.15) is 0 Å². The molecule has 0 saturated carbocycles. The fraction of sp³-hybridized carbons (Fsp3) is 0.375. The van der Waals surface area contributed by atoms with Gasteiger partial charge >= 0.3 is 0 Å². The van der Waals surface area contributed by atoms with Crippen LogP contribution in [0.15, 0.2) is 36.7 Å². The van der Waals surface area contributed by atoms with Gasteiger partial charge in [0.15, 0.2) is 0 Å². The third kappa shape index (κ3) is 4.34. The van der Waals surface area contributed by atoms with E-state index in [1.165, 1.54) is 0 Å². The zero-order chi connectivity index (χ0) is 15.1. The summed E-state index contributed by atoms with van der Waals surface area (Å²) in [6.45, 7) is 3.29. The van der Waals surface area contributed by atoms with Gasteiger partial charge in [-0.15, -0.1) is 0 Å². The number of hydrogen-bond donors (Lipinski definition) is 1. The second-order valence-corrected chi connectivity index (χ2v) is 4.92. The average Bonchev–Trinajstić information content (AvgIpc) is 3.00. The number of hydrogen-bond acceptors (Lipinski definition) is 3. The zero-order valence-corrected chi connectivity index (χ0v) is 12.5. The summed E-state index contributed by atoms with van der Waals surface area (Å²) in [5.74, 6) is 1.53. The molecule has 1 heterocycles. The molecule has 0 aliphatic heterocycles. The summed E-state index contributed by atoms with van der Waals surface area (Å²) >= 11 is 0. The first-order valence-corrected chi connectivity index (χ1v) is 7.17. The summed E-state index contributed by atoms with van der Waals surface area (Å²) in [7, 11) is 1.76. The highest BCUT2D eigenvalue weighted by Gasteiger charge is 2.12. The van der Waals surface area contributed by atoms with Crippen LogP contribution in [0.5, 0.6) is 5.75 Å². The maximum Gasteiger partial charge on any atom is 0.254 e. The van der Waals surface area contributed by atoms with Crippen LogP contribution in [0.1, 0.15) is 35.9 Å². The predicted octanol–water partition coefficient (Wildman–Crippen LogP) is 2.86. The summed E-state index contributed by atoms with van der Waals surface area (Å²) in [5.41, 5.74) is 0.645. The number of imidazole rings is 1. The van der Waals surface area contributed by atoms with E-state index in [4.69, 9.17) is 4.74 Å². The number of carbonyl (C=O) groups excluding carboxylic acids is 1. The van der Waals surface area contributed by atoms with Crippen LogP contribution in [0, 0.1) is 0 Å². The van der Waals surface area contributed by atoms with Gasteiger partial charge in [0.05, 0.1) is 13.2 Å². The lowest BCUT2D eigenvalue weighted by molar-refractivity contribution is 0.0782. The number of nitrogens with zero attached hydrogens (tertiary/aromatic N) is 2. The Morgan fingerprint density at radius 1 is 1.33 bits per heavy atom. The maximum absolute atomic E-state index is 12.3. The number of carbonyl (C=O) groups is 1. The molecule has 112 valence electrons. The molecule has 5 heteroatoms. The maximum atomic E-state index is 12.3. The molecule has 0 aliphatic rings. The first-order chi connectivity index (χ1) is 10.2. The minimum absolute atomic E-state index is 0.0356. The molecule has 0 unspecified atom stereocenters. The van der Waals surface area contributed by atoms with Crippen LogP contribution in [0.25, 0.3) is 0 Å². The van der Waals surface area contributed by atoms with Gasteiger partial charge in [0.25, 0.3) is 5.91 Å². The standard InChI is InChI=1S/C16H21N3O2/c1-3-4-11-21-14-7-5-13(6-8-14)16(20)19(2)12-15-17-9-10-18-15/h5-10H,3-4,11-12H2,1-2H3,(H,17,18). The van der Waals surface area contributed by atoms with Gasteiger partial charge in [0.1, 0.15) is 11.6 Å². The lowest BCUT2D eigenvalue weighted by atomic mass is 10.2. The van der Waals surface area contributed by atoms with Crippen molar-refractivity contribution in [3.8, 4) is 5.75 Å². The predicted molar refractivity (Wildman–Crippen MR) is 81.2 cm³/mol. The third-order valence-corrected chi connectivity index (χ3v) is 3.16. The Hall–Kier alpha value is -2.30. The Kier molecular flexibility index (Phi) is 5.37. The van der Waals surface area contributed by atoms with Crippen molar-refractivity contribution in [2.24, 2.45) is 0 Å². The normalized spacial score (nSPS) is 10.4. The molecule has 21 heavy (non-hydrogen) atoms. The van der Waals surface area contributed by atoms with Crippen molar-refractivity contribution in [1.29, 1.82) is 0 Å². The van der Waals surface area contributed by atoms with Crippen LogP contribution in [0.3, 0.4) is 0 Å². The highest BCUT2D eigenvalue weighted by atomic mass is 16.5. The smallest absolute Gasteiger partial charge is 0.254 e. The largest absolute Gasteiger partial charge is 0.494 e. The monoisotopic (exact) mass is 287 g/mol. The topological polar surface area (TPSA) is 58.2 Å². The molecule has 1 amide bonds. The van der Waals surface area contributed by atoms with Crippen molar-refractivity contribution in [2.45, 2.75) is 26.3 Å². The summed E-state index contributed by atoms with van der Waals surface area (Å²) in [6.07, 6.45) is 5.56. The first kappa shape index (κ1) is 15.1. The molecule has 5 nitrogen and oxygen atoms in total. The minimum atomic E-state index is -0.0356. The number of aromatic amines is 1. The van der Waals surface area contributed by atoms with Crippen LogP contribution in [0.4, 0.5) is 0 Å². The van der Waals surface area contributed by atoms with Crippen LogP contribution in [0.2, 0.25) is 0 Å². The molecule has 0 fully saturated rings. The van der Waals surface area contributed by atoms with E-state index in [-0.39, 0.29) is 5.91 Å². The number of aromatic nitrogens is 2. The number of nitrogens with one attached hydrogen (secondary N) is 1. The van der Waals surface area contributed by atoms with Crippen LogP contribution < -0.4 is 4.74 Å². The summed E-state index contributed by atoms with van der Waals surface area (Å²) in [6, 6.07) is 7.26. The fourth-order valence-corrected chi connectivity index (χ4v) is 1.93. The molecule has 1 aromatic heterocycles. The Morgan fingerprint density at radius 2 is 2.10 bits per heavy atom. The van der Waals surface area contributed by atoms with E-state index in [9.17, 15) is 4.79 Å². The van der Waals surface area contributed by atoms with E-state index in [2.05, 4.69) is 16.9 Å². The molecule has 0 saturated heterocycles. The summed E-state index contributed by atoms with van der Waals surface area (Å²) in [5, 5.41) is 0. The highest BCUT2D eigenvalue weighted by Crippen LogP contribution is 2.14. The molecule has 2 rings (SSSR count).